The van der Waals surface area contributed by atoms with E-state index in [4.69, 9.17) is 23.2 Å². The zero-order valence-electron chi connectivity index (χ0n) is 16.3. The van der Waals surface area contributed by atoms with Crippen molar-refractivity contribution in [3.63, 3.8) is 0 Å². The van der Waals surface area contributed by atoms with Gasteiger partial charge in [0.2, 0.25) is 0 Å². The van der Waals surface area contributed by atoms with Crippen LogP contribution in [0.15, 0.2) is 63.2 Å². The van der Waals surface area contributed by atoms with Crippen LogP contribution in [0.2, 0.25) is 10.0 Å². The minimum atomic E-state index is -3.87. The molecule has 0 aliphatic carbocycles. The third-order valence-electron chi connectivity index (χ3n) is 4.72. The number of carbonyl (C=O) groups is 1. The zero-order valence-corrected chi connectivity index (χ0v) is 19.5. The minimum absolute atomic E-state index is 0.0506. The predicted molar refractivity (Wildman–Crippen MR) is 123 cm³/mol. The molecule has 170 valence electrons. The van der Waals surface area contributed by atoms with Gasteiger partial charge < -0.3 is 5.32 Å². The molecule has 4 rings (SSSR count). The van der Waals surface area contributed by atoms with Gasteiger partial charge in [-0.05, 0) is 36.4 Å². The summed E-state index contributed by atoms with van der Waals surface area (Å²) in [7, 11) is -3.87. The van der Waals surface area contributed by atoms with Crippen LogP contribution in [0, 0.1) is 17.5 Å². The summed E-state index contributed by atoms with van der Waals surface area (Å²) < 4.78 is 66.9. The second-order valence-electron chi connectivity index (χ2n) is 6.97. The van der Waals surface area contributed by atoms with Crippen LogP contribution in [0.4, 0.5) is 18.9 Å². The molecule has 1 amide bonds. The molecule has 1 N–H and O–H groups in total. The molecule has 3 aromatic rings. The lowest BCUT2D eigenvalue weighted by Gasteiger charge is -2.20. The van der Waals surface area contributed by atoms with Crippen LogP contribution in [0.25, 0.3) is 6.08 Å². The first kappa shape index (κ1) is 23.7. The Morgan fingerprint density at radius 1 is 0.970 bits per heavy atom. The van der Waals surface area contributed by atoms with E-state index < -0.39 is 44.5 Å². The average Bonchev–Trinajstić information content (AvgIpc) is 2.73. The van der Waals surface area contributed by atoms with Crippen LogP contribution in [0.1, 0.15) is 11.1 Å². The Bertz CT molecular complexity index is 1400. The van der Waals surface area contributed by atoms with E-state index in [2.05, 4.69) is 5.32 Å². The summed E-state index contributed by atoms with van der Waals surface area (Å²) in [4.78, 5) is 12.8. The third-order valence-corrected chi connectivity index (χ3v) is 8.17. The molecule has 1 heterocycles. The first-order valence-electron chi connectivity index (χ1n) is 9.20. The Balaban J connectivity index is 1.65. The highest BCUT2D eigenvalue weighted by atomic mass is 35.5. The van der Waals surface area contributed by atoms with Gasteiger partial charge in [0.05, 0.1) is 21.2 Å². The summed E-state index contributed by atoms with van der Waals surface area (Å²) in [6.45, 7) is 0. The first-order chi connectivity index (χ1) is 15.5. The number of anilines is 1. The fourth-order valence-corrected chi connectivity index (χ4v) is 6.13. The summed E-state index contributed by atoms with van der Waals surface area (Å²) in [5.74, 6) is -4.53. The molecule has 0 aromatic heterocycles. The average molecular weight is 530 g/mol. The number of thioether (sulfide) groups is 1. The van der Waals surface area contributed by atoms with Crippen molar-refractivity contribution in [2.24, 2.45) is 0 Å². The Hall–Kier alpha value is -2.46. The van der Waals surface area contributed by atoms with Crippen molar-refractivity contribution in [3.8, 4) is 0 Å². The molecule has 0 unspecified atom stereocenters. The lowest BCUT2D eigenvalue weighted by molar-refractivity contribution is -0.112. The molecule has 1 aliphatic rings. The number of nitrogens with one attached hydrogen (secondary N) is 1. The Kier molecular flexibility index (Phi) is 6.50. The second kappa shape index (κ2) is 9.06. The van der Waals surface area contributed by atoms with Crippen LogP contribution in [-0.4, -0.2) is 14.3 Å². The molecule has 4 nitrogen and oxygen atoms in total. The Labute approximate surface area is 201 Å². The number of sulfone groups is 1. The highest BCUT2D eigenvalue weighted by Gasteiger charge is 2.26. The number of halogens is 5. The van der Waals surface area contributed by atoms with Gasteiger partial charge in [0, 0.05) is 38.2 Å². The molecule has 0 radical (unpaired) electrons. The van der Waals surface area contributed by atoms with Gasteiger partial charge in [-0.1, -0.05) is 41.0 Å². The first-order valence-corrected chi connectivity index (χ1v) is 12.4. The summed E-state index contributed by atoms with van der Waals surface area (Å²) in [6, 6.07) is 9.78. The number of amides is 1. The predicted octanol–water partition coefficient (Wildman–Crippen LogP) is 6.47. The van der Waals surface area contributed by atoms with Crippen molar-refractivity contribution >= 4 is 62.5 Å². The van der Waals surface area contributed by atoms with E-state index in [1.165, 1.54) is 30.3 Å². The number of carbonyl (C=O) groups excluding carboxylic acids is 1. The van der Waals surface area contributed by atoms with Gasteiger partial charge in [-0.3, -0.25) is 4.79 Å². The largest absolute Gasteiger partial charge is 0.320 e. The number of hydrogen-bond acceptors (Lipinski definition) is 4. The maximum absolute atomic E-state index is 14.0. The fraction of sp³-hybridized carbons (Fsp3) is 0.0455. The molecule has 0 saturated heterocycles. The molecule has 3 aromatic carbocycles. The Morgan fingerprint density at radius 2 is 1.61 bits per heavy atom. The molecule has 0 bridgehead atoms. The molecule has 0 spiro atoms. The van der Waals surface area contributed by atoms with Gasteiger partial charge in [0.25, 0.3) is 5.91 Å². The fourth-order valence-electron chi connectivity index (χ4n) is 3.10. The lowest BCUT2D eigenvalue weighted by atomic mass is 10.1. The quantitative estimate of drug-likeness (QED) is 0.393. The standard InChI is InChI=1S/C22H12Cl2F3NO3S2/c23-15-2-1-3-16(24)14(15)10-33(30,31)12-4-5-20-19(8-12)28-22(29)21(32-20)9-13-17(26)6-11(25)7-18(13)27/h1-9H,10H2,(H,28,29)/b21-9+. The molecule has 33 heavy (non-hydrogen) atoms. The van der Waals surface area contributed by atoms with Crippen LogP contribution in [0.3, 0.4) is 0 Å². The number of hydrogen-bond donors (Lipinski definition) is 1. The van der Waals surface area contributed by atoms with E-state index in [-0.39, 0.29) is 31.1 Å². The maximum atomic E-state index is 14.0. The van der Waals surface area contributed by atoms with Gasteiger partial charge >= 0.3 is 0 Å². The molecule has 0 atom stereocenters. The van der Waals surface area contributed by atoms with Crippen molar-refractivity contribution in [2.45, 2.75) is 15.5 Å². The SMILES string of the molecule is O=C1Nc2cc(S(=O)(=O)Cc3c(Cl)cccc3Cl)ccc2S/C1=C/c1c(F)cc(F)cc1F. The van der Waals surface area contributed by atoms with Crippen molar-refractivity contribution < 1.29 is 26.4 Å². The van der Waals surface area contributed by atoms with Gasteiger partial charge in [-0.25, -0.2) is 21.6 Å². The smallest absolute Gasteiger partial charge is 0.262 e. The van der Waals surface area contributed by atoms with Crippen LogP contribution >= 0.6 is 35.0 Å². The molecule has 0 fully saturated rings. The maximum Gasteiger partial charge on any atom is 0.262 e. The summed E-state index contributed by atoms with van der Waals surface area (Å²) >= 11 is 13.1. The van der Waals surface area contributed by atoms with Gasteiger partial charge in [0.15, 0.2) is 9.84 Å². The van der Waals surface area contributed by atoms with Crippen molar-refractivity contribution in [1.29, 1.82) is 0 Å². The molecular formula is C22H12Cl2F3NO3S2. The number of rotatable bonds is 4. The van der Waals surface area contributed by atoms with E-state index >= 15 is 0 Å². The molecule has 0 saturated carbocycles. The Morgan fingerprint density at radius 3 is 2.24 bits per heavy atom. The number of benzene rings is 3. The highest BCUT2D eigenvalue weighted by molar-refractivity contribution is 8.04. The molecule has 11 heteroatoms. The highest BCUT2D eigenvalue weighted by Crippen LogP contribution is 2.41. The number of fused-ring (bicyclic) bond motifs is 1. The van der Waals surface area contributed by atoms with Crippen molar-refractivity contribution in [2.75, 3.05) is 5.32 Å². The summed E-state index contributed by atoms with van der Waals surface area (Å²) in [5.41, 5.74) is -0.0904. The van der Waals surface area contributed by atoms with Gasteiger partial charge in [-0.2, -0.15) is 0 Å². The molecule has 1 aliphatic heterocycles. The van der Waals surface area contributed by atoms with Crippen molar-refractivity contribution in [3.05, 3.63) is 92.1 Å². The van der Waals surface area contributed by atoms with Crippen LogP contribution in [0.5, 0.6) is 0 Å². The van der Waals surface area contributed by atoms with E-state index in [1.807, 2.05) is 0 Å². The summed E-state index contributed by atoms with van der Waals surface area (Å²) in [6.07, 6.45) is 0.969. The normalized spacial score (nSPS) is 14.8. The van der Waals surface area contributed by atoms with E-state index in [0.29, 0.717) is 17.0 Å². The van der Waals surface area contributed by atoms with E-state index in [1.54, 1.807) is 6.07 Å². The van der Waals surface area contributed by atoms with E-state index in [9.17, 15) is 26.4 Å². The zero-order chi connectivity index (χ0) is 23.9. The summed E-state index contributed by atoms with van der Waals surface area (Å²) in [5, 5.41) is 2.94. The third kappa shape index (κ3) is 4.91. The van der Waals surface area contributed by atoms with Gasteiger partial charge in [-0.15, -0.1) is 0 Å². The van der Waals surface area contributed by atoms with E-state index in [0.717, 1.165) is 17.8 Å². The van der Waals surface area contributed by atoms with Crippen molar-refractivity contribution in [1.82, 2.24) is 0 Å². The second-order valence-corrected chi connectivity index (χ2v) is 10.9. The van der Waals surface area contributed by atoms with Crippen LogP contribution < -0.4 is 5.32 Å². The van der Waals surface area contributed by atoms with Crippen LogP contribution in [-0.2, 0) is 20.4 Å². The molecular weight excluding hydrogens is 518 g/mol. The monoisotopic (exact) mass is 529 g/mol. The lowest BCUT2D eigenvalue weighted by Crippen LogP contribution is -2.18. The minimum Gasteiger partial charge on any atom is -0.320 e. The topological polar surface area (TPSA) is 63.2 Å². The van der Waals surface area contributed by atoms with Gasteiger partial charge in [0.1, 0.15) is 17.5 Å².